The summed E-state index contributed by atoms with van der Waals surface area (Å²) in [5.74, 6) is -0.252. The van der Waals surface area contributed by atoms with Crippen molar-refractivity contribution in [3.63, 3.8) is 0 Å². The van der Waals surface area contributed by atoms with E-state index in [1.54, 1.807) is 12.1 Å². The molecule has 4 nitrogen and oxygen atoms in total. The van der Waals surface area contributed by atoms with Gasteiger partial charge in [0.2, 0.25) is 0 Å². The van der Waals surface area contributed by atoms with Crippen LogP contribution in [0.3, 0.4) is 0 Å². The summed E-state index contributed by atoms with van der Waals surface area (Å²) >= 11 is 0. The molecule has 0 aromatic heterocycles. The molecule has 0 radical (unpaired) electrons. The number of nitro benzene ring substituents is 1. The summed E-state index contributed by atoms with van der Waals surface area (Å²) in [4.78, 5) is 22.2. The zero-order chi connectivity index (χ0) is 15.2. The SMILES string of the molecule is CCc1ccc(C=CC(=O)c2cccc([N+](=O)[O-])c2)cc1. The molecule has 0 spiro atoms. The molecule has 21 heavy (non-hydrogen) atoms. The fraction of sp³-hybridized carbons (Fsp3) is 0.118. The summed E-state index contributed by atoms with van der Waals surface area (Å²) in [6.07, 6.45) is 4.11. The third kappa shape index (κ3) is 3.86. The highest BCUT2D eigenvalue weighted by Crippen LogP contribution is 2.14. The van der Waals surface area contributed by atoms with Crippen LogP contribution in [0.1, 0.15) is 28.4 Å². The Bertz CT molecular complexity index is 687. The van der Waals surface area contributed by atoms with Gasteiger partial charge in [-0.25, -0.2) is 0 Å². The summed E-state index contributed by atoms with van der Waals surface area (Å²) in [5.41, 5.74) is 2.38. The average molecular weight is 281 g/mol. The van der Waals surface area contributed by atoms with Crippen LogP contribution < -0.4 is 0 Å². The number of nitro groups is 1. The largest absolute Gasteiger partial charge is 0.289 e. The van der Waals surface area contributed by atoms with E-state index >= 15 is 0 Å². The summed E-state index contributed by atoms with van der Waals surface area (Å²) in [5, 5.41) is 10.7. The molecular weight excluding hydrogens is 266 g/mol. The molecule has 0 aliphatic heterocycles. The first-order valence-corrected chi connectivity index (χ1v) is 6.66. The molecule has 0 saturated carbocycles. The van der Waals surface area contributed by atoms with Gasteiger partial charge in [-0.1, -0.05) is 49.4 Å². The predicted molar refractivity (Wildman–Crippen MR) is 82.3 cm³/mol. The molecule has 4 heteroatoms. The van der Waals surface area contributed by atoms with E-state index in [1.165, 1.54) is 29.8 Å². The van der Waals surface area contributed by atoms with Gasteiger partial charge in [0.05, 0.1) is 4.92 Å². The zero-order valence-electron chi connectivity index (χ0n) is 11.7. The number of nitrogens with zero attached hydrogens (tertiary/aromatic N) is 1. The Morgan fingerprint density at radius 2 is 1.90 bits per heavy atom. The molecule has 0 unspecified atom stereocenters. The van der Waals surface area contributed by atoms with E-state index < -0.39 is 4.92 Å². The molecule has 0 amide bonds. The van der Waals surface area contributed by atoms with E-state index in [0.717, 1.165) is 12.0 Å². The second-order valence-corrected chi connectivity index (χ2v) is 4.60. The molecule has 0 bridgehead atoms. The molecule has 0 aliphatic rings. The van der Waals surface area contributed by atoms with Crippen LogP contribution in [0.15, 0.2) is 54.6 Å². The number of benzene rings is 2. The average Bonchev–Trinajstić information content (AvgIpc) is 2.53. The van der Waals surface area contributed by atoms with Crippen LogP contribution in [-0.2, 0) is 6.42 Å². The minimum atomic E-state index is -0.510. The van der Waals surface area contributed by atoms with Crippen LogP contribution >= 0.6 is 0 Å². The quantitative estimate of drug-likeness (QED) is 0.359. The van der Waals surface area contributed by atoms with Crippen molar-refractivity contribution in [2.75, 3.05) is 0 Å². The molecule has 0 aliphatic carbocycles. The van der Waals surface area contributed by atoms with Gasteiger partial charge >= 0.3 is 0 Å². The van der Waals surface area contributed by atoms with Crippen molar-refractivity contribution in [3.05, 3.63) is 81.4 Å². The smallest absolute Gasteiger partial charge is 0.270 e. The van der Waals surface area contributed by atoms with Gasteiger partial charge in [0.25, 0.3) is 5.69 Å². The highest BCUT2D eigenvalue weighted by molar-refractivity contribution is 6.07. The Morgan fingerprint density at radius 1 is 1.19 bits per heavy atom. The maximum absolute atomic E-state index is 12.0. The number of carbonyl (C=O) groups excluding carboxylic acids is 1. The molecule has 2 aromatic carbocycles. The van der Waals surface area contributed by atoms with Crippen LogP contribution in [0, 0.1) is 10.1 Å². The predicted octanol–water partition coefficient (Wildman–Crippen LogP) is 4.05. The first-order valence-electron chi connectivity index (χ1n) is 6.66. The summed E-state index contributed by atoms with van der Waals surface area (Å²) in [6.45, 7) is 2.08. The van der Waals surface area contributed by atoms with Crippen molar-refractivity contribution in [3.8, 4) is 0 Å². The van der Waals surface area contributed by atoms with E-state index in [4.69, 9.17) is 0 Å². The van der Waals surface area contributed by atoms with Crippen LogP contribution in [0.25, 0.3) is 6.08 Å². The molecule has 2 rings (SSSR count). The van der Waals surface area contributed by atoms with Crippen molar-refractivity contribution in [1.29, 1.82) is 0 Å². The maximum Gasteiger partial charge on any atom is 0.270 e. The van der Waals surface area contributed by atoms with Gasteiger partial charge in [-0.2, -0.15) is 0 Å². The lowest BCUT2D eigenvalue weighted by Crippen LogP contribution is -1.96. The summed E-state index contributed by atoms with van der Waals surface area (Å²) < 4.78 is 0. The molecule has 0 heterocycles. The van der Waals surface area contributed by atoms with Gasteiger partial charge in [0.15, 0.2) is 5.78 Å². The molecule has 0 atom stereocenters. The van der Waals surface area contributed by atoms with Gasteiger partial charge in [-0.05, 0) is 23.6 Å². The summed E-state index contributed by atoms with van der Waals surface area (Å²) in [6, 6.07) is 13.6. The third-order valence-corrected chi connectivity index (χ3v) is 3.16. The Kier molecular flexibility index (Phi) is 4.61. The Labute approximate surface area is 122 Å². The third-order valence-electron chi connectivity index (χ3n) is 3.16. The lowest BCUT2D eigenvalue weighted by molar-refractivity contribution is -0.384. The number of ketones is 1. The standard InChI is InChI=1S/C17H15NO3/c1-2-13-6-8-14(9-7-13)10-11-17(19)15-4-3-5-16(12-15)18(20)21/h3-12H,2H2,1H3. The number of rotatable bonds is 5. The number of allylic oxidation sites excluding steroid dienone is 1. The van der Waals surface area contributed by atoms with E-state index in [1.807, 2.05) is 24.3 Å². The van der Waals surface area contributed by atoms with Gasteiger partial charge in [-0.15, -0.1) is 0 Å². The number of carbonyl (C=O) groups is 1. The van der Waals surface area contributed by atoms with Gasteiger partial charge in [-0.3, -0.25) is 14.9 Å². The Morgan fingerprint density at radius 3 is 2.52 bits per heavy atom. The van der Waals surface area contributed by atoms with Gasteiger partial charge < -0.3 is 0 Å². The van der Waals surface area contributed by atoms with E-state index in [0.29, 0.717) is 5.56 Å². The minimum absolute atomic E-state index is 0.0819. The fourth-order valence-corrected chi connectivity index (χ4v) is 1.91. The molecular formula is C17H15NO3. The Hall–Kier alpha value is -2.75. The van der Waals surface area contributed by atoms with Crippen LogP contribution in [0.5, 0.6) is 0 Å². The van der Waals surface area contributed by atoms with Gasteiger partial charge in [0, 0.05) is 17.7 Å². The summed E-state index contributed by atoms with van der Waals surface area (Å²) in [7, 11) is 0. The van der Waals surface area contributed by atoms with E-state index in [-0.39, 0.29) is 11.5 Å². The number of aryl methyl sites for hydroxylation is 1. The first-order chi connectivity index (χ1) is 10.1. The first kappa shape index (κ1) is 14.7. The van der Waals surface area contributed by atoms with Crippen molar-refractivity contribution in [2.24, 2.45) is 0 Å². The monoisotopic (exact) mass is 281 g/mol. The number of hydrogen-bond acceptors (Lipinski definition) is 3. The number of non-ortho nitro benzene ring substituents is 1. The van der Waals surface area contributed by atoms with Crippen LogP contribution in [0.4, 0.5) is 5.69 Å². The highest BCUT2D eigenvalue weighted by Gasteiger charge is 2.09. The maximum atomic E-state index is 12.0. The van der Waals surface area contributed by atoms with Crippen molar-refractivity contribution in [1.82, 2.24) is 0 Å². The molecule has 0 fully saturated rings. The van der Waals surface area contributed by atoms with E-state index in [2.05, 4.69) is 6.92 Å². The molecule has 2 aromatic rings. The highest BCUT2D eigenvalue weighted by atomic mass is 16.6. The van der Waals surface area contributed by atoms with Crippen LogP contribution in [-0.4, -0.2) is 10.7 Å². The van der Waals surface area contributed by atoms with E-state index in [9.17, 15) is 14.9 Å². The molecule has 0 N–H and O–H groups in total. The molecule has 0 saturated heterocycles. The number of hydrogen-bond donors (Lipinski definition) is 0. The van der Waals surface area contributed by atoms with Crippen molar-refractivity contribution >= 4 is 17.5 Å². The molecule has 106 valence electrons. The lowest BCUT2D eigenvalue weighted by Gasteiger charge is -1.98. The second-order valence-electron chi connectivity index (χ2n) is 4.60. The van der Waals surface area contributed by atoms with Crippen LogP contribution in [0.2, 0.25) is 0 Å². The Balaban J connectivity index is 2.14. The minimum Gasteiger partial charge on any atom is -0.289 e. The lowest BCUT2D eigenvalue weighted by atomic mass is 10.1. The second kappa shape index (κ2) is 6.61. The normalized spacial score (nSPS) is 10.7. The zero-order valence-corrected chi connectivity index (χ0v) is 11.7. The topological polar surface area (TPSA) is 60.2 Å². The fourth-order valence-electron chi connectivity index (χ4n) is 1.91. The van der Waals surface area contributed by atoms with Crippen molar-refractivity contribution < 1.29 is 9.72 Å². The van der Waals surface area contributed by atoms with Crippen molar-refractivity contribution in [2.45, 2.75) is 13.3 Å². The van der Waals surface area contributed by atoms with Gasteiger partial charge in [0.1, 0.15) is 0 Å².